The highest BCUT2D eigenvalue weighted by molar-refractivity contribution is 7.17. The Morgan fingerprint density at radius 1 is 1.22 bits per heavy atom. The number of benzene rings is 1. The lowest BCUT2D eigenvalue weighted by molar-refractivity contribution is -0.119. The first-order valence-electron chi connectivity index (χ1n) is 8.64. The van der Waals surface area contributed by atoms with Gasteiger partial charge in [0.2, 0.25) is 0 Å². The molecule has 1 aromatic heterocycles. The molecule has 3 N–H and O–H groups in total. The first-order chi connectivity index (χ1) is 13.0. The number of thiophene rings is 1. The lowest BCUT2D eigenvalue weighted by atomic mass is 10.1. The molecule has 0 radical (unpaired) electrons. The molecule has 0 saturated heterocycles. The molecule has 2 amide bonds. The van der Waals surface area contributed by atoms with Crippen LogP contribution in [0.3, 0.4) is 0 Å². The van der Waals surface area contributed by atoms with Gasteiger partial charge >= 0.3 is 5.97 Å². The van der Waals surface area contributed by atoms with Crippen LogP contribution in [0.2, 0.25) is 0 Å². The predicted molar refractivity (Wildman–Crippen MR) is 101 cm³/mol. The van der Waals surface area contributed by atoms with Gasteiger partial charge in [0, 0.05) is 4.88 Å². The van der Waals surface area contributed by atoms with Gasteiger partial charge in [-0.25, -0.2) is 4.79 Å². The number of carbonyl (C=O) groups excluding carboxylic acids is 3. The van der Waals surface area contributed by atoms with Crippen molar-refractivity contribution in [3.8, 4) is 5.75 Å². The summed E-state index contributed by atoms with van der Waals surface area (Å²) in [6.45, 7) is 1.74. The summed E-state index contributed by atoms with van der Waals surface area (Å²) in [5.74, 6) is -1.35. The van der Waals surface area contributed by atoms with E-state index in [9.17, 15) is 14.4 Å². The molecule has 0 bridgehead atoms. The Balaban J connectivity index is 1.64. The zero-order valence-electron chi connectivity index (χ0n) is 14.9. The molecule has 1 aliphatic carbocycles. The molecule has 27 heavy (non-hydrogen) atoms. The van der Waals surface area contributed by atoms with E-state index in [0.717, 1.165) is 29.7 Å². The highest BCUT2D eigenvalue weighted by Crippen LogP contribution is 2.38. The van der Waals surface area contributed by atoms with E-state index < -0.39 is 24.4 Å². The number of fused-ring (bicyclic) bond motifs is 1. The van der Waals surface area contributed by atoms with E-state index >= 15 is 0 Å². The van der Waals surface area contributed by atoms with Crippen LogP contribution >= 0.6 is 11.3 Å². The quantitative estimate of drug-likeness (QED) is 0.709. The molecule has 7 nitrogen and oxygen atoms in total. The number of rotatable bonds is 7. The average molecular weight is 388 g/mol. The van der Waals surface area contributed by atoms with Crippen molar-refractivity contribution in [2.45, 2.75) is 26.2 Å². The Labute approximate surface area is 160 Å². The van der Waals surface area contributed by atoms with Crippen molar-refractivity contribution in [3.05, 3.63) is 45.8 Å². The number of aryl methyl sites for hydroxylation is 1. The van der Waals surface area contributed by atoms with Gasteiger partial charge in [-0.2, -0.15) is 0 Å². The molecule has 1 aliphatic rings. The second kappa shape index (κ2) is 8.22. The summed E-state index contributed by atoms with van der Waals surface area (Å²) in [6.07, 6.45) is 2.63. The van der Waals surface area contributed by atoms with E-state index in [0.29, 0.717) is 22.9 Å². The second-order valence-electron chi connectivity index (χ2n) is 5.98. The van der Waals surface area contributed by atoms with Gasteiger partial charge in [0.15, 0.2) is 6.61 Å². The van der Waals surface area contributed by atoms with Crippen LogP contribution in [-0.4, -0.2) is 31.0 Å². The van der Waals surface area contributed by atoms with Crippen molar-refractivity contribution in [2.24, 2.45) is 5.73 Å². The SMILES string of the molecule is CCOc1ccccc1C(=O)OCC(=O)Nc1sc2c(c1C(N)=O)CCC2. The summed E-state index contributed by atoms with van der Waals surface area (Å²) < 4.78 is 10.5. The highest BCUT2D eigenvalue weighted by Gasteiger charge is 2.26. The number of primary amides is 1. The number of nitrogens with one attached hydrogen (secondary N) is 1. The van der Waals surface area contributed by atoms with Crippen molar-refractivity contribution < 1.29 is 23.9 Å². The molecule has 0 spiro atoms. The Kier molecular flexibility index (Phi) is 5.75. The van der Waals surface area contributed by atoms with E-state index in [1.165, 1.54) is 11.3 Å². The zero-order chi connectivity index (χ0) is 19.4. The van der Waals surface area contributed by atoms with E-state index in [4.69, 9.17) is 15.2 Å². The largest absolute Gasteiger partial charge is 0.493 e. The number of hydrogen-bond acceptors (Lipinski definition) is 6. The molecule has 1 aromatic carbocycles. The predicted octanol–water partition coefficient (Wildman–Crippen LogP) is 2.53. The summed E-state index contributed by atoms with van der Waals surface area (Å²) >= 11 is 1.35. The molecule has 0 saturated carbocycles. The molecule has 1 heterocycles. The molecule has 0 atom stereocenters. The molecule has 8 heteroatoms. The third kappa shape index (κ3) is 4.11. The van der Waals surface area contributed by atoms with Gasteiger partial charge in [-0.15, -0.1) is 11.3 Å². The minimum Gasteiger partial charge on any atom is -0.493 e. The monoisotopic (exact) mass is 388 g/mol. The van der Waals surface area contributed by atoms with Crippen LogP contribution in [0.25, 0.3) is 0 Å². The third-order valence-electron chi connectivity index (χ3n) is 4.16. The number of amides is 2. The van der Waals surface area contributed by atoms with E-state index in [1.807, 2.05) is 6.92 Å². The minimum absolute atomic E-state index is 0.250. The number of ether oxygens (including phenoxy) is 2. The number of para-hydroxylation sites is 1. The average Bonchev–Trinajstić information content (AvgIpc) is 3.20. The van der Waals surface area contributed by atoms with Crippen LogP contribution in [0.1, 0.15) is 44.5 Å². The molecule has 2 aromatic rings. The first-order valence-corrected chi connectivity index (χ1v) is 9.46. The standard InChI is InChI=1S/C19H20N2O5S/c1-2-25-13-8-4-3-6-11(13)19(24)26-10-15(22)21-18-16(17(20)23)12-7-5-9-14(12)27-18/h3-4,6,8H,2,5,7,9-10H2,1H3,(H2,20,23)(H,21,22). The Morgan fingerprint density at radius 3 is 2.74 bits per heavy atom. The topological polar surface area (TPSA) is 108 Å². The number of carbonyl (C=O) groups is 3. The van der Waals surface area contributed by atoms with E-state index in [-0.39, 0.29) is 5.56 Å². The second-order valence-corrected chi connectivity index (χ2v) is 7.08. The van der Waals surface area contributed by atoms with Crippen molar-refractivity contribution in [2.75, 3.05) is 18.5 Å². The molecule has 3 rings (SSSR count). The lowest BCUT2D eigenvalue weighted by Gasteiger charge is -2.10. The molecule has 0 aliphatic heterocycles. The normalized spacial score (nSPS) is 12.3. The van der Waals surface area contributed by atoms with Crippen LogP contribution in [-0.2, 0) is 22.4 Å². The van der Waals surface area contributed by atoms with Crippen LogP contribution in [0.4, 0.5) is 5.00 Å². The van der Waals surface area contributed by atoms with Gasteiger partial charge < -0.3 is 20.5 Å². The van der Waals surface area contributed by atoms with Crippen LogP contribution in [0.5, 0.6) is 5.75 Å². The minimum atomic E-state index is -0.655. The zero-order valence-corrected chi connectivity index (χ0v) is 15.7. The van der Waals surface area contributed by atoms with Crippen molar-refractivity contribution >= 4 is 34.1 Å². The summed E-state index contributed by atoms with van der Waals surface area (Å²) in [6, 6.07) is 6.66. The Morgan fingerprint density at radius 2 is 2.00 bits per heavy atom. The van der Waals surface area contributed by atoms with E-state index in [2.05, 4.69) is 5.32 Å². The van der Waals surface area contributed by atoms with Gasteiger partial charge in [-0.1, -0.05) is 12.1 Å². The maximum atomic E-state index is 12.2. The van der Waals surface area contributed by atoms with Crippen molar-refractivity contribution in [3.63, 3.8) is 0 Å². The van der Waals surface area contributed by atoms with Gasteiger partial charge in [0.1, 0.15) is 16.3 Å². The number of nitrogens with two attached hydrogens (primary N) is 1. The van der Waals surface area contributed by atoms with Crippen molar-refractivity contribution in [1.82, 2.24) is 0 Å². The molecule has 0 unspecified atom stereocenters. The summed E-state index contributed by atoms with van der Waals surface area (Å²) in [5, 5.41) is 3.06. The number of anilines is 1. The van der Waals surface area contributed by atoms with Crippen molar-refractivity contribution in [1.29, 1.82) is 0 Å². The van der Waals surface area contributed by atoms with E-state index in [1.54, 1.807) is 24.3 Å². The fraction of sp³-hybridized carbons (Fsp3) is 0.316. The molecule has 142 valence electrons. The highest BCUT2D eigenvalue weighted by atomic mass is 32.1. The Hall–Kier alpha value is -2.87. The molecular weight excluding hydrogens is 368 g/mol. The van der Waals surface area contributed by atoms with Crippen LogP contribution < -0.4 is 15.8 Å². The fourth-order valence-electron chi connectivity index (χ4n) is 3.04. The van der Waals surface area contributed by atoms with Crippen LogP contribution in [0.15, 0.2) is 24.3 Å². The summed E-state index contributed by atoms with van der Waals surface area (Å²) in [7, 11) is 0. The van der Waals surface area contributed by atoms with Gasteiger partial charge in [0.05, 0.1) is 12.2 Å². The van der Waals surface area contributed by atoms with Gasteiger partial charge in [0.25, 0.3) is 11.8 Å². The first kappa shape index (κ1) is 18.9. The van der Waals surface area contributed by atoms with Crippen LogP contribution in [0, 0.1) is 0 Å². The Bertz CT molecular complexity index is 890. The lowest BCUT2D eigenvalue weighted by Crippen LogP contribution is -2.23. The summed E-state index contributed by atoms with van der Waals surface area (Å²) in [5.41, 5.74) is 7.01. The maximum Gasteiger partial charge on any atom is 0.342 e. The maximum absolute atomic E-state index is 12.2. The van der Waals surface area contributed by atoms with Gasteiger partial charge in [-0.05, 0) is 43.9 Å². The number of esters is 1. The number of hydrogen-bond donors (Lipinski definition) is 2. The smallest absolute Gasteiger partial charge is 0.342 e. The third-order valence-corrected chi connectivity index (χ3v) is 5.37. The summed E-state index contributed by atoms with van der Waals surface area (Å²) in [4.78, 5) is 37.3. The molecular formula is C19H20N2O5S. The van der Waals surface area contributed by atoms with Gasteiger partial charge in [-0.3, -0.25) is 9.59 Å². The fourth-order valence-corrected chi connectivity index (χ4v) is 4.35. The molecule has 0 fully saturated rings.